The van der Waals surface area contributed by atoms with Crippen LogP contribution in [0.15, 0.2) is 34.9 Å². The van der Waals surface area contributed by atoms with Gasteiger partial charge >= 0.3 is 6.09 Å². The third-order valence-corrected chi connectivity index (χ3v) is 5.23. The maximum absolute atomic E-state index is 12.2. The molecular weight excluding hydrogens is 382 g/mol. The second-order valence-corrected chi connectivity index (χ2v) is 8.93. The molecule has 2 aromatic rings. The lowest BCUT2D eigenvalue weighted by Crippen LogP contribution is -2.41. The van der Waals surface area contributed by atoms with Crippen molar-refractivity contribution in [3.8, 4) is 17.1 Å². The molecule has 7 heteroatoms. The molecule has 1 amide bonds. The first-order valence-corrected chi connectivity index (χ1v) is 10.5. The van der Waals surface area contributed by atoms with Crippen molar-refractivity contribution in [1.82, 2.24) is 14.8 Å². The van der Waals surface area contributed by atoms with Crippen molar-refractivity contribution in [2.75, 3.05) is 33.8 Å². The number of piperidine rings is 1. The van der Waals surface area contributed by atoms with Crippen molar-refractivity contribution in [2.24, 2.45) is 5.92 Å². The molecule has 2 heterocycles. The molecule has 1 fully saturated rings. The van der Waals surface area contributed by atoms with E-state index in [2.05, 4.69) is 9.88 Å². The maximum atomic E-state index is 12.2. The fraction of sp³-hybridized carbons (Fsp3) is 0.565. The van der Waals surface area contributed by atoms with Crippen LogP contribution in [-0.2, 0) is 11.3 Å². The molecule has 0 bridgehead atoms. The Morgan fingerprint density at radius 2 is 1.90 bits per heavy atom. The zero-order valence-corrected chi connectivity index (χ0v) is 18.7. The lowest BCUT2D eigenvalue weighted by atomic mass is 9.96. The van der Waals surface area contributed by atoms with E-state index >= 15 is 0 Å². The van der Waals surface area contributed by atoms with Crippen LogP contribution in [0.1, 0.15) is 39.5 Å². The summed E-state index contributed by atoms with van der Waals surface area (Å²) in [6.45, 7) is 9.02. The van der Waals surface area contributed by atoms with E-state index in [0.29, 0.717) is 12.5 Å². The molecule has 1 aromatic carbocycles. The van der Waals surface area contributed by atoms with E-state index in [1.165, 1.54) is 0 Å². The number of oxazole rings is 1. The van der Waals surface area contributed by atoms with Gasteiger partial charge in [0.1, 0.15) is 11.4 Å². The Balaban J connectivity index is 1.46. The summed E-state index contributed by atoms with van der Waals surface area (Å²) in [4.78, 5) is 20.7. The van der Waals surface area contributed by atoms with E-state index < -0.39 is 5.60 Å². The van der Waals surface area contributed by atoms with Gasteiger partial charge in [-0.3, -0.25) is 4.90 Å². The van der Waals surface area contributed by atoms with Crippen LogP contribution < -0.4 is 4.74 Å². The zero-order valence-electron chi connectivity index (χ0n) is 18.7. The van der Waals surface area contributed by atoms with Crippen molar-refractivity contribution in [3.63, 3.8) is 0 Å². The number of hydrogen-bond acceptors (Lipinski definition) is 6. The highest BCUT2D eigenvalue weighted by atomic mass is 16.6. The number of methoxy groups -OCH3 is 1. The second kappa shape index (κ2) is 9.51. The predicted molar refractivity (Wildman–Crippen MR) is 115 cm³/mol. The molecule has 0 radical (unpaired) electrons. The summed E-state index contributed by atoms with van der Waals surface area (Å²) >= 11 is 0. The first kappa shape index (κ1) is 22.2. The first-order chi connectivity index (χ1) is 14.2. The highest BCUT2D eigenvalue weighted by molar-refractivity contribution is 5.67. The van der Waals surface area contributed by atoms with E-state index in [1.54, 1.807) is 18.2 Å². The van der Waals surface area contributed by atoms with Crippen LogP contribution in [0.3, 0.4) is 0 Å². The largest absolute Gasteiger partial charge is 0.497 e. The van der Waals surface area contributed by atoms with Crippen molar-refractivity contribution in [1.29, 1.82) is 0 Å². The topological polar surface area (TPSA) is 68.0 Å². The molecular formula is C23H33N3O4. The van der Waals surface area contributed by atoms with E-state index in [-0.39, 0.29) is 6.09 Å². The lowest BCUT2D eigenvalue weighted by molar-refractivity contribution is 0.0247. The van der Waals surface area contributed by atoms with E-state index in [9.17, 15) is 4.79 Å². The number of ether oxygens (including phenoxy) is 2. The Morgan fingerprint density at radius 1 is 1.23 bits per heavy atom. The minimum Gasteiger partial charge on any atom is -0.497 e. The minimum atomic E-state index is -0.463. The highest BCUT2D eigenvalue weighted by Crippen LogP contribution is 2.25. The molecule has 164 valence electrons. The zero-order chi connectivity index (χ0) is 21.7. The fourth-order valence-electron chi connectivity index (χ4n) is 3.59. The molecule has 1 aromatic heterocycles. The van der Waals surface area contributed by atoms with E-state index in [0.717, 1.165) is 55.4 Å². The summed E-state index contributed by atoms with van der Waals surface area (Å²) in [6, 6.07) is 7.76. The summed E-state index contributed by atoms with van der Waals surface area (Å²) in [6.07, 6.45) is 3.61. The van der Waals surface area contributed by atoms with Gasteiger partial charge in [0.05, 0.1) is 19.9 Å². The Morgan fingerprint density at radius 3 is 2.50 bits per heavy atom. The van der Waals surface area contributed by atoms with Gasteiger partial charge in [0, 0.05) is 19.2 Å². The number of likely N-dealkylation sites (tertiary alicyclic amines) is 1. The average Bonchev–Trinajstić information content (AvgIpc) is 3.16. The van der Waals surface area contributed by atoms with Gasteiger partial charge < -0.3 is 18.8 Å². The molecule has 1 aliphatic rings. The van der Waals surface area contributed by atoms with Gasteiger partial charge in [-0.05, 0) is 76.9 Å². The number of carbonyl (C=O) groups is 1. The fourth-order valence-corrected chi connectivity index (χ4v) is 3.59. The average molecular weight is 416 g/mol. The van der Waals surface area contributed by atoms with Crippen molar-refractivity contribution < 1.29 is 18.7 Å². The highest BCUT2D eigenvalue weighted by Gasteiger charge is 2.25. The molecule has 0 atom stereocenters. The molecule has 0 aliphatic carbocycles. The summed E-state index contributed by atoms with van der Waals surface area (Å²) in [5, 5.41) is 0. The van der Waals surface area contributed by atoms with Crippen LogP contribution in [0.25, 0.3) is 11.3 Å². The summed E-state index contributed by atoms with van der Waals surface area (Å²) in [5.74, 6) is 2.79. The summed E-state index contributed by atoms with van der Waals surface area (Å²) < 4.78 is 16.6. The second-order valence-electron chi connectivity index (χ2n) is 8.93. The van der Waals surface area contributed by atoms with Gasteiger partial charge in [-0.25, -0.2) is 9.78 Å². The minimum absolute atomic E-state index is 0.254. The monoisotopic (exact) mass is 415 g/mol. The quantitative estimate of drug-likeness (QED) is 0.695. The number of carbonyl (C=O) groups excluding carboxylic acids is 1. The molecule has 30 heavy (non-hydrogen) atoms. The Labute approximate surface area is 179 Å². The van der Waals surface area contributed by atoms with Crippen molar-refractivity contribution in [3.05, 3.63) is 36.4 Å². The first-order valence-electron chi connectivity index (χ1n) is 10.5. The van der Waals surface area contributed by atoms with Gasteiger partial charge in [-0.15, -0.1) is 0 Å². The molecule has 7 nitrogen and oxygen atoms in total. The Hall–Kier alpha value is -2.54. The van der Waals surface area contributed by atoms with Gasteiger partial charge in [0.25, 0.3) is 0 Å². The summed E-state index contributed by atoms with van der Waals surface area (Å²) in [7, 11) is 3.47. The molecule has 0 unspecified atom stereocenters. The van der Waals surface area contributed by atoms with Crippen LogP contribution in [0, 0.1) is 5.92 Å². The molecule has 1 aliphatic heterocycles. The Kier molecular flexibility index (Phi) is 7.02. The number of amides is 1. The molecule has 0 spiro atoms. The van der Waals surface area contributed by atoms with Crippen molar-refractivity contribution in [2.45, 2.75) is 45.8 Å². The third-order valence-electron chi connectivity index (χ3n) is 5.23. The standard InChI is InChI=1S/C23H33N3O4/c1-23(2,3)30-22(27)25(4)15-17-10-12-26(13-11-17)16-21-24-14-20(29-21)18-6-8-19(28-5)9-7-18/h6-9,14,17H,10-13,15-16H2,1-5H3. The van der Waals surface area contributed by atoms with Gasteiger partial charge in [0.2, 0.25) is 5.89 Å². The predicted octanol–water partition coefficient (Wildman–Crippen LogP) is 4.43. The van der Waals surface area contributed by atoms with Crippen LogP contribution >= 0.6 is 0 Å². The van der Waals surface area contributed by atoms with Gasteiger partial charge in [0.15, 0.2) is 5.76 Å². The van der Waals surface area contributed by atoms with Crippen LogP contribution in [0.5, 0.6) is 5.75 Å². The maximum Gasteiger partial charge on any atom is 0.410 e. The third kappa shape index (κ3) is 6.23. The number of benzene rings is 1. The molecule has 0 N–H and O–H groups in total. The van der Waals surface area contributed by atoms with E-state index in [1.807, 2.05) is 52.1 Å². The lowest BCUT2D eigenvalue weighted by Gasteiger charge is -2.33. The van der Waals surface area contributed by atoms with Gasteiger partial charge in [-0.2, -0.15) is 0 Å². The van der Waals surface area contributed by atoms with Crippen molar-refractivity contribution >= 4 is 6.09 Å². The molecule has 3 rings (SSSR count). The van der Waals surface area contributed by atoms with E-state index in [4.69, 9.17) is 13.9 Å². The van der Waals surface area contributed by atoms with Crippen LogP contribution in [0.2, 0.25) is 0 Å². The molecule has 0 saturated carbocycles. The van der Waals surface area contributed by atoms with Crippen LogP contribution in [0.4, 0.5) is 4.79 Å². The Bertz CT molecular complexity index is 818. The molecule has 1 saturated heterocycles. The normalized spacial score (nSPS) is 15.8. The van der Waals surface area contributed by atoms with Gasteiger partial charge in [-0.1, -0.05) is 0 Å². The summed E-state index contributed by atoms with van der Waals surface area (Å²) in [5.41, 5.74) is 0.522. The van der Waals surface area contributed by atoms with Crippen LogP contribution in [-0.4, -0.2) is 60.3 Å². The number of nitrogens with zero attached hydrogens (tertiary/aromatic N) is 3. The number of hydrogen-bond donors (Lipinski definition) is 0. The SMILES string of the molecule is COc1ccc(-c2cnc(CN3CCC(CN(C)C(=O)OC(C)(C)C)CC3)o2)cc1. The number of rotatable bonds is 6. The smallest absolute Gasteiger partial charge is 0.410 e. The number of aromatic nitrogens is 1.